The Morgan fingerprint density at radius 2 is 1.70 bits per heavy atom. The summed E-state index contributed by atoms with van der Waals surface area (Å²) >= 11 is 1.73. The average molecular weight is 289 g/mol. The van der Waals surface area contributed by atoms with Crippen molar-refractivity contribution in [3.05, 3.63) is 64.5 Å². The second kappa shape index (κ2) is 6.42. The quantitative estimate of drug-likeness (QED) is 0.833. The molecule has 2 aromatic carbocycles. The van der Waals surface area contributed by atoms with Crippen LogP contribution in [-0.2, 0) is 0 Å². The first kappa shape index (κ1) is 15.1. The smallest absolute Gasteiger partial charge is 0.123 e. The van der Waals surface area contributed by atoms with Gasteiger partial charge in [0.1, 0.15) is 5.82 Å². The first-order valence-corrected chi connectivity index (χ1v) is 7.87. The number of rotatable bonds is 4. The van der Waals surface area contributed by atoms with E-state index in [2.05, 4.69) is 23.7 Å². The standard InChI is InChI=1S/C17H20FNS/c1-11-9-13(18)10-12(2)16(11)17(19-3)14-7-5-6-8-15(14)20-4/h5-10,17,19H,1-4H3. The van der Waals surface area contributed by atoms with E-state index in [1.54, 1.807) is 23.9 Å². The molecule has 0 spiro atoms. The third-order valence-corrected chi connectivity index (χ3v) is 4.40. The number of hydrogen-bond acceptors (Lipinski definition) is 2. The fraction of sp³-hybridized carbons (Fsp3) is 0.294. The van der Waals surface area contributed by atoms with Crippen molar-refractivity contribution in [1.82, 2.24) is 5.32 Å². The summed E-state index contributed by atoms with van der Waals surface area (Å²) in [5.41, 5.74) is 4.37. The molecule has 0 amide bonds. The Labute approximate surface area is 124 Å². The summed E-state index contributed by atoms with van der Waals surface area (Å²) < 4.78 is 13.5. The van der Waals surface area contributed by atoms with E-state index in [0.29, 0.717) is 0 Å². The van der Waals surface area contributed by atoms with Crippen LogP contribution < -0.4 is 5.32 Å². The van der Waals surface area contributed by atoms with Gasteiger partial charge in [-0.05, 0) is 67.6 Å². The Morgan fingerprint density at radius 1 is 1.10 bits per heavy atom. The summed E-state index contributed by atoms with van der Waals surface area (Å²) in [7, 11) is 1.95. The van der Waals surface area contributed by atoms with Crippen molar-refractivity contribution in [2.45, 2.75) is 24.8 Å². The molecule has 1 nitrogen and oxygen atoms in total. The van der Waals surface area contributed by atoms with E-state index in [-0.39, 0.29) is 11.9 Å². The highest BCUT2D eigenvalue weighted by Crippen LogP contribution is 2.33. The highest BCUT2D eigenvalue weighted by Gasteiger charge is 2.19. The molecule has 0 aliphatic rings. The van der Waals surface area contributed by atoms with Gasteiger partial charge in [-0.25, -0.2) is 4.39 Å². The van der Waals surface area contributed by atoms with Crippen LogP contribution in [0.5, 0.6) is 0 Å². The topological polar surface area (TPSA) is 12.0 Å². The maximum Gasteiger partial charge on any atom is 0.123 e. The Kier molecular flexibility index (Phi) is 4.84. The van der Waals surface area contributed by atoms with Gasteiger partial charge in [0.15, 0.2) is 0 Å². The van der Waals surface area contributed by atoms with Gasteiger partial charge in [-0.3, -0.25) is 0 Å². The molecule has 2 aromatic rings. The zero-order chi connectivity index (χ0) is 14.7. The summed E-state index contributed by atoms with van der Waals surface area (Å²) in [4.78, 5) is 1.25. The minimum atomic E-state index is -0.170. The minimum Gasteiger partial charge on any atom is -0.309 e. The zero-order valence-corrected chi connectivity index (χ0v) is 13.1. The molecule has 0 radical (unpaired) electrons. The minimum absolute atomic E-state index is 0.0826. The van der Waals surface area contributed by atoms with Crippen LogP contribution in [0.25, 0.3) is 0 Å². The predicted octanol–water partition coefficient (Wildman–Crippen LogP) is 4.47. The molecule has 2 rings (SSSR count). The maximum atomic E-state index is 13.5. The van der Waals surface area contributed by atoms with Gasteiger partial charge < -0.3 is 5.32 Å². The molecule has 0 aromatic heterocycles. The molecule has 1 N–H and O–H groups in total. The lowest BCUT2D eigenvalue weighted by atomic mass is 9.91. The van der Waals surface area contributed by atoms with Gasteiger partial charge in [0.25, 0.3) is 0 Å². The van der Waals surface area contributed by atoms with Crippen LogP contribution in [0.1, 0.15) is 28.3 Å². The molecule has 0 saturated heterocycles. The van der Waals surface area contributed by atoms with Crippen LogP contribution >= 0.6 is 11.8 Å². The molecule has 106 valence electrons. The number of hydrogen-bond donors (Lipinski definition) is 1. The zero-order valence-electron chi connectivity index (χ0n) is 12.3. The molecular weight excluding hydrogens is 269 g/mol. The van der Waals surface area contributed by atoms with E-state index in [1.807, 2.05) is 33.0 Å². The van der Waals surface area contributed by atoms with E-state index in [9.17, 15) is 4.39 Å². The largest absolute Gasteiger partial charge is 0.309 e. The second-order valence-corrected chi connectivity index (χ2v) is 5.76. The van der Waals surface area contributed by atoms with Crippen LogP contribution in [-0.4, -0.2) is 13.3 Å². The molecule has 0 aliphatic heterocycles. The molecule has 0 heterocycles. The molecule has 0 aliphatic carbocycles. The first-order chi connectivity index (χ1) is 9.58. The SMILES string of the molecule is CNC(c1ccccc1SC)c1c(C)cc(F)cc1C. The Morgan fingerprint density at radius 3 is 2.25 bits per heavy atom. The number of thioether (sulfide) groups is 1. The normalized spacial score (nSPS) is 12.4. The Balaban J connectivity index is 2.59. The lowest BCUT2D eigenvalue weighted by Gasteiger charge is -2.23. The summed E-state index contributed by atoms with van der Waals surface area (Å²) in [6.45, 7) is 3.94. The van der Waals surface area contributed by atoms with Crippen molar-refractivity contribution >= 4 is 11.8 Å². The Bertz CT molecular complexity index is 587. The van der Waals surface area contributed by atoms with E-state index in [0.717, 1.165) is 16.7 Å². The van der Waals surface area contributed by atoms with Crippen molar-refractivity contribution in [3.63, 3.8) is 0 Å². The molecule has 0 saturated carbocycles. The number of halogens is 1. The summed E-state index contributed by atoms with van der Waals surface area (Å²) in [6.07, 6.45) is 2.08. The van der Waals surface area contributed by atoms with Crippen LogP contribution in [0.3, 0.4) is 0 Å². The molecule has 1 unspecified atom stereocenters. The average Bonchev–Trinajstić information content (AvgIpc) is 2.42. The molecule has 0 bridgehead atoms. The molecule has 20 heavy (non-hydrogen) atoms. The fourth-order valence-electron chi connectivity index (χ4n) is 2.74. The van der Waals surface area contributed by atoms with Crippen molar-refractivity contribution in [2.24, 2.45) is 0 Å². The fourth-order valence-corrected chi connectivity index (χ4v) is 3.37. The van der Waals surface area contributed by atoms with E-state index in [4.69, 9.17) is 0 Å². The van der Waals surface area contributed by atoms with Crippen LogP contribution in [0.15, 0.2) is 41.3 Å². The highest BCUT2D eigenvalue weighted by atomic mass is 32.2. The lowest BCUT2D eigenvalue weighted by Crippen LogP contribution is -2.20. The first-order valence-electron chi connectivity index (χ1n) is 6.65. The predicted molar refractivity (Wildman–Crippen MR) is 85.0 cm³/mol. The number of nitrogens with one attached hydrogen (secondary N) is 1. The van der Waals surface area contributed by atoms with E-state index in [1.165, 1.54) is 10.5 Å². The van der Waals surface area contributed by atoms with Crippen molar-refractivity contribution < 1.29 is 4.39 Å². The highest BCUT2D eigenvalue weighted by molar-refractivity contribution is 7.98. The van der Waals surface area contributed by atoms with Gasteiger partial charge in [0, 0.05) is 4.90 Å². The van der Waals surface area contributed by atoms with E-state index >= 15 is 0 Å². The summed E-state index contributed by atoms with van der Waals surface area (Å²) in [5, 5.41) is 3.37. The molecule has 0 fully saturated rings. The van der Waals surface area contributed by atoms with Crippen molar-refractivity contribution in [3.8, 4) is 0 Å². The number of benzene rings is 2. The van der Waals surface area contributed by atoms with Gasteiger partial charge in [-0.15, -0.1) is 11.8 Å². The van der Waals surface area contributed by atoms with Gasteiger partial charge >= 0.3 is 0 Å². The maximum absolute atomic E-state index is 13.5. The van der Waals surface area contributed by atoms with E-state index < -0.39 is 0 Å². The molecule has 1 atom stereocenters. The lowest BCUT2D eigenvalue weighted by molar-refractivity contribution is 0.617. The third-order valence-electron chi connectivity index (χ3n) is 3.59. The monoisotopic (exact) mass is 289 g/mol. The third kappa shape index (κ3) is 2.89. The van der Waals surface area contributed by atoms with Crippen LogP contribution in [0.4, 0.5) is 4.39 Å². The Hall–Kier alpha value is -1.32. The van der Waals surface area contributed by atoms with Gasteiger partial charge in [0.05, 0.1) is 6.04 Å². The molecule has 3 heteroatoms. The number of aryl methyl sites for hydroxylation is 2. The van der Waals surface area contributed by atoms with Gasteiger partial charge in [0.2, 0.25) is 0 Å². The van der Waals surface area contributed by atoms with Crippen molar-refractivity contribution in [2.75, 3.05) is 13.3 Å². The second-order valence-electron chi connectivity index (χ2n) is 4.92. The summed E-state index contributed by atoms with van der Waals surface area (Å²) in [5.74, 6) is -0.170. The van der Waals surface area contributed by atoms with Gasteiger partial charge in [-0.1, -0.05) is 18.2 Å². The summed E-state index contributed by atoms with van der Waals surface area (Å²) in [6, 6.07) is 11.6. The van der Waals surface area contributed by atoms with Crippen LogP contribution in [0.2, 0.25) is 0 Å². The van der Waals surface area contributed by atoms with Crippen LogP contribution in [0, 0.1) is 19.7 Å². The van der Waals surface area contributed by atoms with Gasteiger partial charge in [-0.2, -0.15) is 0 Å². The molecular formula is C17H20FNS. The van der Waals surface area contributed by atoms with Crippen molar-refractivity contribution in [1.29, 1.82) is 0 Å².